The number of ether oxygens (including phenoxy) is 1. The summed E-state index contributed by atoms with van der Waals surface area (Å²) in [5, 5.41) is 7.06. The van der Waals surface area contributed by atoms with Crippen LogP contribution in [0.2, 0.25) is 0 Å². The maximum Gasteiger partial charge on any atom is 0.253 e. The summed E-state index contributed by atoms with van der Waals surface area (Å²) in [4.78, 5) is 24.6. The van der Waals surface area contributed by atoms with E-state index < -0.39 is 0 Å². The highest BCUT2D eigenvalue weighted by Gasteiger charge is 2.23. The van der Waals surface area contributed by atoms with Crippen LogP contribution in [0.4, 0.5) is 5.69 Å². The zero-order valence-corrected chi connectivity index (χ0v) is 17.9. The van der Waals surface area contributed by atoms with Gasteiger partial charge >= 0.3 is 0 Å². The Hall–Kier alpha value is -3.55. The Morgan fingerprint density at radius 3 is 2.94 bits per heavy atom. The molecule has 5 rings (SSSR count). The van der Waals surface area contributed by atoms with E-state index in [4.69, 9.17) is 9.57 Å². The monoisotopic (exact) mass is 433 g/mol. The largest absolute Gasteiger partial charge is 0.487 e. The molecule has 0 spiro atoms. The summed E-state index contributed by atoms with van der Waals surface area (Å²) in [7, 11) is 0. The first-order valence-electron chi connectivity index (χ1n) is 11.2. The van der Waals surface area contributed by atoms with Crippen LogP contribution in [0.15, 0.2) is 60.1 Å². The number of fused-ring (bicyclic) bond motifs is 1. The van der Waals surface area contributed by atoms with Gasteiger partial charge in [0.15, 0.2) is 6.10 Å². The molecular weight excluding hydrogens is 406 g/mol. The SMILES string of the molecule is O=C(NCC1=NOC(COc2ccccc2N2CCCCC2)C1)c1ccc2nccn2c1. The van der Waals surface area contributed by atoms with E-state index in [9.17, 15) is 4.79 Å². The minimum absolute atomic E-state index is 0.154. The summed E-state index contributed by atoms with van der Waals surface area (Å²) < 4.78 is 7.93. The molecule has 8 nitrogen and oxygen atoms in total. The first kappa shape index (κ1) is 20.4. The average Bonchev–Trinajstić information content (AvgIpc) is 3.51. The van der Waals surface area contributed by atoms with E-state index in [2.05, 4.69) is 32.5 Å². The molecule has 3 aromatic rings. The molecule has 0 aliphatic carbocycles. The van der Waals surface area contributed by atoms with Crippen LogP contribution in [0, 0.1) is 0 Å². The molecule has 1 atom stereocenters. The van der Waals surface area contributed by atoms with Crippen molar-refractivity contribution in [3.05, 3.63) is 60.6 Å². The Labute approximate surface area is 186 Å². The molecule has 0 radical (unpaired) electrons. The lowest BCUT2D eigenvalue weighted by atomic mass is 10.1. The topological polar surface area (TPSA) is 80.5 Å². The second-order valence-corrected chi connectivity index (χ2v) is 8.21. The van der Waals surface area contributed by atoms with Crippen LogP contribution in [0.25, 0.3) is 5.65 Å². The van der Waals surface area contributed by atoms with Crippen LogP contribution in [-0.2, 0) is 4.84 Å². The average molecular weight is 434 g/mol. The van der Waals surface area contributed by atoms with Crippen molar-refractivity contribution < 1.29 is 14.4 Å². The van der Waals surface area contributed by atoms with Gasteiger partial charge in [-0.1, -0.05) is 17.3 Å². The third-order valence-corrected chi connectivity index (χ3v) is 5.88. The lowest BCUT2D eigenvalue weighted by molar-refractivity contribution is 0.0472. The van der Waals surface area contributed by atoms with E-state index in [1.165, 1.54) is 19.3 Å². The maximum atomic E-state index is 12.5. The van der Waals surface area contributed by atoms with Crippen molar-refractivity contribution in [2.75, 3.05) is 31.1 Å². The van der Waals surface area contributed by atoms with E-state index in [0.29, 0.717) is 25.1 Å². The fourth-order valence-corrected chi connectivity index (χ4v) is 4.18. The van der Waals surface area contributed by atoms with Crippen LogP contribution in [0.5, 0.6) is 5.75 Å². The van der Waals surface area contributed by atoms with Crippen LogP contribution in [-0.4, -0.2) is 53.3 Å². The molecule has 1 fully saturated rings. The van der Waals surface area contributed by atoms with E-state index >= 15 is 0 Å². The highest BCUT2D eigenvalue weighted by Crippen LogP contribution is 2.30. The number of aromatic nitrogens is 2. The van der Waals surface area contributed by atoms with Gasteiger partial charge in [-0.3, -0.25) is 4.79 Å². The van der Waals surface area contributed by atoms with Gasteiger partial charge in [0.1, 0.15) is 18.0 Å². The van der Waals surface area contributed by atoms with Crippen molar-refractivity contribution in [2.45, 2.75) is 31.8 Å². The minimum Gasteiger partial charge on any atom is -0.487 e. The number of para-hydroxylation sites is 2. The molecule has 1 saturated heterocycles. The van der Waals surface area contributed by atoms with Crippen molar-refractivity contribution in [1.82, 2.24) is 14.7 Å². The predicted molar refractivity (Wildman–Crippen MR) is 122 cm³/mol. The predicted octanol–water partition coefficient (Wildman–Crippen LogP) is 3.28. The number of nitrogens with one attached hydrogen (secondary N) is 1. The zero-order chi connectivity index (χ0) is 21.8. The van der Waals surface area contributed by atoms with E-state index in [0.717, 1.165) is 35.9 Å². The Balaban J connectivity index is 1.11. The standard InChI is InChI=1S/C24H27N5O3/c30-24(18-8-9-23-25-10-13-29(23)16-18)26-15-19-14-20(32-27-19)17-31-22-7-3-2-6-21(22)28-11-4-1-5-12-28/h2-3,6-10,13,16,20H,1,4-5,11-12,14-15,17H2,(H,26,30). The van der Waals surface area contributed by atoms with Crippen molar-refractivity contribution in [3.8, 4) is 5.75 Å². The van der Waals surface area contributed by atoms with Gasteiger partial charge in [-0.15, -0.1) is 0 Å². The molecule has 0 bridgehead atoms. The molecule has 0 saturated carbocycles. The van der Waals surface area contributed by atoms with Crippen molar-refractivity contribution in [2.24, 2.45) is 5.16 Å². The van der Waals surface area contributed by atoms with Gasteiger partial charge < -0.3 is 24.2 Å². The van der Waals surface area contributed by atoms with Crippen LogP contribution < -0.4 is 15.0 Å². The smallest absolute Gasteiger partial charge is 0.253 e. The third-order valence-electron chi connectivity index (χ3n) is 5.88. The molecule has 166 valence electrons. The number of amides is 1. The number of piperidine rings is 1. The number of benzene rings is 1. The molecule has 2 aromatic heterocycles. The molecule has 1 N–H and O–H groups in total. The molecular formula is C24H27N5O3. The molecule has 32 heavy (non-hydrogen) atoms. The summed E-state index contributed by atoms with van der Waals surface area (Å²) >= 11 is 0. The van der Waals surface area contributed by atoms with Gasteiger partial charge in [-0.05, 0) is 43.5 Å². The fourth-order valence-electron chi connectivity index (χ4n) is 4.18. The summed E-state index contributed by atoms with van der Waals surface area (Å²) in [6.07, 6.45) is 9.50. The minimum atomic E-state index is -0.154. The van der Waals surface area contributed by atoms with Gasteiger partial charge in [-0.25, -0.2) is 4.98 Å². The van der Waals surface area contributed by atoms with Gasteiger partial charge in [0.2, 0.25) is 0 Å². The second kappa shape index (κ2) is 9.30. The van der Waals surface area contributed by atoms with E-state index in [1.54, 1.807) is 18.5 Å². The van der Waals surface area contributed by atoms with Crippen molar-refractivity contribution >= 4 is 23.0 Å². The number of oxime groups is 1. The molecule has 1 amide bonds. The molecule has 2 aliphatic rings. The number of carbonyl (C=O) groups excluding carboxylic acids is 1. The second-order valence-electron chi connectivity index (χ2n) is 8.21. The molecule has 1 unspecified atom stereocenters. The molecule has 8 heteroatoms. The quantitative estimate of drug-likeness (QED) is 0.619. The number of nitrogens with zero attached hydrogens (tertiary/aromatic N) is 4. The first-order chi connectivity index (χ1) is 15.8. The normalized spacial score (nSPS) is 18.3. The number of pyridine rings is 1. The lowest BCUT2D eigenvalue weighted by Gasteiger charge is -2.30. The van der Waals surface area contributed by atoms with E-state index in [1.807, 2.05) is 28.8 Å². The van der Waals surface area contributed by atoms with Gasteiger partial charge in [0.05, 0.1) is 23.5 Å². The summed E-state index contributed by atoms with van der Waals surface area (Å²) in [6.45, 7) is 2.91. The van der Waals surface area contributed by atoms with E-state index in [-0.39, 0.29) is 12.0 Å². The maximum absolute atomic E-state index is 12.5. The number of anilines is 1. The zero-order valence-electron chi connectivity index (χ0n) is 17.9. The van der Waals surface area contributed by atoms with Gasteiger partial charge in [0, 0.05) is 38.1 Å². The van der Waals surface area contributed by atoms with Gasteiger partial charge in [0.25, 0.3) is 5.91 Å². The molecule has 1 aromatic carbocycles. The van der Waals surface area contributed by atoms with Crippen molar-refractivity contribution in [3.63, 3.8) is 0 Å². The number of carbonyl (C=O) groups is 1. The Bertz CT molecular complexity index is 1120. The molecule has 4 heterocycles. The summed E-state index contributed by atoms with van der Waals surface area (Å²) in [6, 6.07) is 11.8. The third kappa shape index (κ3) is 4.54. The Kier molecular flexibility index (Phi) is 5.91. The number of imidazole rings is 1. The van der Waals surface area contributed by atoms with Crippen molar-refractivity contribution in [1.29, 1.82) is 0 Å². The summed E-state index contributed by atoms with van der Waals surface area (Å²) in [5.74, 6) is 0.730. The number of hydrogen-bond donors (Lipinski definition) is 1. The number of hydrogen-bond acceptors (Lipinski definition) is 6. The summed E-state index contributed by atoms with van der Waals surface area (Å²) in [5.41, 5.74) is 3.33. The van der Waals surface area contributed by atoms with Crippen LogP contribution in [0.1, 0.15) is 36.0 Å². The highest BCUT2D eigenvalue weighted by atomic mass is 16.7. The number of rotatable bonds is 7. The van der Waals surface area contributed by atoms with Crippen LogP contribution in [0.3, 0.4) is 0 Å². The Morgan fingerprint density at radius 2 is 2.03 bits per heavy atom. The lowest BCUT2D eigenvalue weighted by Crippen LogP contribution is -2.31. The van der Waals surface area contributed by atoms with Crippen LogP contribution >= 0.6 is 0 Å². The van der Waals surface area contributed by atoms with Gasteiger partial charge in [-0.2, -0.15) is 0 Å². The highest BCUT2D eigenvalue weighted by molar-refractivity contribution is 5.98. The first-order valence-corrected chi connectivity index (χ1v) is 11.2. The Morgan fingerprint density at radius 1 is 1.16 bits per heavy atom. The molecule has 2 aliphatic heterocycles. The fraction of sp³-hybridized carbons (Fsp3) is 0.375.